The van der Waals surface area contributed by atoms with Crippen molar-refractivity contribution in [3.05, 3.63) is 130 Å². The third-order valence-corrected chi connectivity index (χ3v) is 8.58. The number of fused-ring (bicyclic) bond motifs is 2. The predicted molar refractivity (Wildman–Crippen MR) is 190 cm³/mol. The molecule has 0 aliphatic rings. The molecule has 0 aliphatic heterocycles. The van der Waals surface area contributed by atoms with Gasteiger partial charge in [0.25, 0.3) is 0 Å². The SMILES string of the molecule is Cc1cccc(-c2nc3ccccc3cc2CC(C)C)c1C.Cc1cccc(-c2nc3ccccc3cc2CC(C)C)c1C.[Ir+3]. The van der Waals surface area contributed by atoms with E-state index in [1.54, 1.807) is 0 Å². The second kappa shape index (κ2) is 15.1. The van der Waals surface area contributed by atoms with E-state index in [2.05, 4.69) is 152 Å². The van der Waals surface area contributed by atoms with Crippen LogP contribution in [0.5, 0.6) is 0 Å². The normalized spacial score (nSPS) is 11.1. The fourth-order valence-corrected chi connectivity index (χ4v) is 5.99. The van der Waals surface area contributed by atoms with E-state index < -0.39 is 0 Å². The van der Waals surface area contributed by atoms with Crippen molar-refractivity contribution in [2.75, 3.05) is 0 Å². The minimum absolute atomic E-state index is 0. The van der Waals surface area contributed by atoms with Gasteiger partial charge in [-0.05, 0) is 110 Å². The van der Waals surface area contributed by atoms with Crippen LogP contribution < -0.4 is 0 Å². The number of pyridine rings is 2. The maximum absolute atomic E-state index is 5.00. The van der Waals surface area contributed by atoms with Crippen molar-refractivity contribution in [1.29, 1.82) is 0 Å². The van der Waals surface area contributed by atoms with Crippen LogP contribution in [0.4, 0.5) is 0 Å². The quantitative estimate of drug-likeness (QED) is 0.169. The average Bonchev–Trinajstić information content (AvgIpc) is 2.99. The molecule has 0 N–H and O–H groups in total. The Balaban J connectivity index is 0.000000200. The molecular weight excluding hydrogens is 725 g/mol. The summed E-state index contributed by atoms with van der Waals surface area (Å²) >= 11 is 0. The van der Waals surface area contributed by atoms with Gasteiger partial charge in [-0.3, -0.25) is 0 Å². The summed E-state index contributed by atoms with van der Waals surface area (Å²) in [5.41, 5.74) is 15.0. The van der Waals surface area contributed by atoms with E-state index in [1.165, 1.54) is 55.3 Å². The van der Waals surface area contributed by atoms with Crippen molar-refractivity contribution in [2.24, 2.45) is 11.8 Å². The molecule has 0 spiro atoms. The molecule has 2 aromatic heterocycles. The minimum atomic E-state index is 0. The molecule has 4 aromatic carbocycles. The van der Waals surface area contributed by atoms with Crippen LogP contribution in [0.1, 0.15) is 61.1 Å². The van der Waals surface area contributed by atoms with Gasteiger partial charge in [-0.25, -0.2) is 9.97 Å². The first-order valence-electron chi connectivity index (χ1n) is 16.0. The van der Waals surface area contributed by atoms with Gasteiger partial charge in [-0.1, -0.05) is 100 Å². The van der Waals surface area contributed by atoms with E-state index in [1.807, 2.05) is 0 Å². The Bertz CT molecular complexity index is 1780. The summed E-state index contributed by atoms with van der Waals surface area (Å²) in [6.45, 7) is 17.8. The molecule has 0 unspecified atom stereocenters. The van der Waals surface area contributed by atoms with Crippen LogP contribution in [0, 0.1) is 39.5 Å². The molecule has 0 radical (unpaired) electrons. The number of rotatable bonds is 6. The average molecular weight is 771 g/mol. The van der Waals surface area contributed by atoms with Crippen LogP contribution in [-0.4, -0.2) is 9.97 Å². The summed E-state index contributed by atoms with van der Waals surface area (Å²) in [5.74, 6) is 1.23. The van der Waals surface area contributed by atoms with Gasteiger partial charge in [0.15, 0.2) is 0 Å². The van der Waals surface area contributed by atoms with Gasteiger partial charge in [0.05, 0.1) is 22.4 Å². The molecule has 0 atom stereocenters. The van der Waals surface area contributed by atoms with Gasteiger partial charge in [-0.2, -0.15) is 0 Å². The maximum Gasteiger partial charge on any atom is 3.00 e. The summed E-state index contributed by atoms with van der Waals surface area (Å²) in [7, 11) is 0. The monoisotopic (exact) mass is 771 g/mol. The molecule has 6 aromatic rings. The van der Waals surface area contributed by atoms with Crippen molar-refractivity contribution in [2.45, 2.75) is 68.2 Å². The molecule has 6 rings (SSSR count). The van der Waals surface area contributed by atoms with Gasteiger partial charge < -0.3 is 0 Å². The van der Waals surface area contributed by atoms with Crippen LogP contribution in [0.15, 0.2) is 97.1 Å². The number of aromatic nitrogens is 2. The van der Waals surface area contributed by atoms with Crippen LogP contribution in [0.2, 0.25) is 0 Å². The third kappa shape index (κ3) is 7.96. The summed E-state index contributed by atoms with van der Waals surface area (Å²) in [6, 6.07) is 34.4. The molecule has 0 saturated heterocycles. The summed E-state index contributed by atoms with van der Waals surface area (Å²) < 4.78 is 0. The fourth-order valence-electron chi connectivity index (χ4n) is 5.99. The Hall–Kier alpha value is -3.65. The van der Waals surface area contributed by atoms with Crippen molar-refractivity contribution in [3.8, 4) is 22.5 Å². The topological polar surface area (TPSA) is 25.8 Å². The van der Waals surface area contributed by atoms with E-state index in [0.717, 1.165) is 35.3 Å². The first kappa shape index (κ1) is 34.2. The van der Waals surface area contributed by atoms with Crippen LogP contribution in [-0.2, 0) is 32.9 Å². The number of nitrogens with zero attached hydrogens (tertiary/aromatic N) is 2. The zero-order valence-corrected chi connectivity index (χ0v) is 30.4. The predicted octanol–water partition coefficient (Wildman–Crippen LogP) is 11.4. The van der Waals surface area contributed by atoms with E-state index in [-0.39, 0.29) is 20.1 Å². The van der Waals surface area contributed by atoms with Gasteiger partial charge in [0.1, 0.15) is 0 Å². The molecule has 0 bridgehead atoms. The van der Waals surface area contributed by atoms with Crippen molar-refractivity contribution >= 4 is 21.8 Å². The third-order valence-electron chi connectivity index (χ3n) is 8.58. The van der Waals surface area contributed by atoms with Gasteiger partial charge in [-0.15, -0.1) is 0 Å². The van der Waals surface area contributed by atoms with Crippen LogP contribution >= 0.6 is 0 Å². The molecule has 3 heteroatoms. The van der Waals surface area contributed by atoms with E-state index >= 15 is 0 Å². The van der Waals surface area contributed by atoms with Crippen LogP contribution in [0.3, 0.4) is 0 Å². The van der Waals surface area contributed by atoms with Crippen molar-refractivity contribution in [3.63, 3.8) is 0 Å². The summed E-state index contributed by atoms with van der Waals surface area (Å²) in [5, 5.41) is 2.46. The molecule has 0 amide bonds. The smallest absolute Gasteiger partial charge is 0.247 e. The Kier molecular flexibility index (Phi) is 11.5. The van der Waals surface area contributed by atoms with Gasteiger partial charge in [0, 0.05) is 21.9 Å². The minimum Gasteiger partial charge on any atom is -0.247 e. The van der Waals surface area contributed by atoms with Gasteiger partial charge in [0.2, 0.25) is 0 Å². The van der Waals surface area contributed by atoms with Crippen molar-refractivity contribution < 1.29 is 20.1 Å². The Labute approximate surface area is 283 Å². The molecule has 230 valence electrons. The molecule has 0 saturated carbocycles. The first-order chi connectivity index (χ1) is 21.1. The molecule has 0 aliphatic carbocycles. The standard InChI is InChI=1S/2C21H23N.Ir/c2*1-14(2)12-18-13-17-9-5-6-11-20(17)22-21(18)19-10-7-8-15(3)16(19)4;/h2*5-11,13-14H,12H2,1-4H3;/q;;+3. The number of hydrogen-bond acceptors (Lipinski definition) is 2. The zero-order valence-electron chi connectivity index (χ0n) is 28.0. The second-order valence-electron chi connectivity index (χ2n) is 13.1. The second-order valence-corrected chi connectivity index (χ2v) is 13.1. The fraction of sp³-hybridized carbons (Fsp3) is 0.286. The molecule has 2 nitrogen and oxygen atoms in total. The van der Waals surface area contributed by atoms with E-state index in [0.29, 0.717) is 11.8 Å². The first-order valence-corrected chi connectivity index (χ1v) is 16.0. The molecule has 2 heterocycles. The summed E-state index contributed by atoms with van der Waals surface area (Å²) in [4.78, 5) is 10.0. The molecular formula is C42H46IrN2+3. The molecule has 45 heavy (non-hydrogen) atoms. The largest absolute Gasteiger partial charge is 3.00 e. The molecule has 0 fully saturated rings. The Morgan fingerprint density at radius 1 is 0.489 bits per heavy atom. The number of benzene rings is 4. The van der Waals surface area contributed by atoms with Crippen molar-refractivity contribution in [1.82, 2.24) is 9.97 Å². The maximum atomic E-state index is 5.00. The number of hydrogen-bond donors (Lipinski definition) is 0. The van der Waals surface area contributed by atoms with Gasteiger partial charge >= 0.3 is 20.1 Å². The zero-order chi connectivity index (χ0) is 31.4. The number of para-hydroxylation sites is 2. The Morgan fingerprint density at radius 3 is 1.24 bits per heavy atom. The van der Waals surface area contributed by atoms with Crippen LogP contribution in [0.25, 0.3) is 44.3 Å². The van der Waals surface area contributed by atoms with E-state index in [9.17, 15) is 0 Å². The Morgan fingerprint density at radius 2 is 0.867 bits per heavy atom. The summed E-state index contributed by atoms with van der Waals surface area (Å²) in [6.07, 6.45) is 2.11. The number of aryl methyl sites for hydroxylation is 2. The van der Waals surface area contributed by atoms with E-state index in [4.69, 9.17) is 9.97 Å².